The van der Waals surface area contributed by atoms with Crippen molar-refractivity contribution in [3.05, 3.63) is 28.0 Å². The van der Waals surface area contributed by atoms with Crippen molar-refractivity contribution in [1.82, 2.24) is 15.0 Å². The van der Waals surface area contributed by atoms with E-state index in [1.165, 1.54) is 17.4 Å². The van der Waals surface area contributed by atoms with E-state index in [4.69, 9.17) is 5.73 Å². The maximum atomic E-state index is 12.6. The van der Waals surface area contributed by atoms with Crippen LogP contribution in [0.2, 0.25) is 0 Å². The summed E-state index contributed by atoms with van der Waals surface area (Å²) < 4.78 is 37.9. The third kappa shape index (κ3) is 3.81. The van der Waals surface area contributed by atoms with Crippen LogP contribution < -0.4 is 11.1 Å². The molecule has 0 saturated carbocycles. The summed E-state index contributed by atoms with van der Waals surface area (Å²) in [4.78, 5) is 12.0. The van der Waals surface area contributed by atoms with Crippen LogP contribution in [0.15, 0.2) is 12.3 Å². The molecule has 2 rings (SSSR count). The number of nitrogen functional groups attached to an aromatic ring is 1. The van der Waals surface area contributed by atoms with Crippen molar-refractivity contribution >= 4 is 23.0 Å². The van der Waals surface area contributed by atoms with Gasteiger partial charge in [-0.25, -0.2) is 15.0 Å². The second kappa shape index (κ2) is 5.84. The van der Waals surface area contributed by atoms with Crippen molar-refractivity contribution < 1.29 is 13.2 Å². The number of nitrogens with one attached hydrogen (secondary N) is 1. The molecule has 21 heavy (non-hydrogen) atoms. The Labute approximate surface area is 123 Å². The highest BCUT2D eigenvalue weighted by atomic mass is 32.1. The van der Waals surface area contributed by atoms with E-state index in [1.54, 1.807) is 13.1 Å². The Bertz CT molecular complexity index is 626. The molecule has 1 atom stereocenters. The fourth-order valence-electron chi connectivity index (χ4n) is 1.64. The molecule has 0 spiro atoms. The molecule has 0 amide bonds. The molecule has 5 nitrogen and oxygen atoms in total. The lowest BCUT2D eigenvalue weighted by atomic mass is 10.3. The molecule has 0 fully saturated rings. The predicted octanol–water partition coefficient (Wildman–Crippen LogP) is 3.27. The van der Waals surface area contributed by atoms with Crippen molar-refractivity contribution in [2.24, 2.45) is 0 Å². The highest BCUT2D eigenvalue weighted by Crippen LogP contribution is 2.29. The summed E-state index contributed by atoms with van der Waals surface area (Å²) in [7, 11) is 0. The number of alkyl halides is 3. The van der Waals surface area contributed by atoms with Crippen molar-refractivity contribution in [2.75, 3.05) is 11.1 Å². The monoisotopic (exact) mass is 317 g/mol. The number of nitrogens with two attached hydrogens (primary N) is 1. The molecule has 0 aliphatic heterocycles. The quantitative estimate of drug-likeness (QED) is 0.905. The van der Waals surface area contributed by atoms with E-state index in [0.29, 0.717) is 0 Å². The van der Waals surface area contributed by atoms with Gasteiger partial charge in [-0.2, -0.15) is 13.2 Å². The van der Waals surface area contributed by atoms with Gasteiger partial charge in [-0.1, -0.05) is 6.92 Å². The van der Waals surface area contributed by atoms with E-state index >= 15 is 0 Å². The Morgan fingerprint density at radius 2 is 2.10 bits per heavy atom. The summed E-state index contributed by atoms with van der Waals surface area (Å²) in [6.45, 7) is 3.81. The minimum absolute atomic E-state index is 0.0237. The molecule has 1 unspecified atom stereocenters. The van der Waals surface area contributed by atoms with Gasteiger partial charge >= 0.3 is 6.18 Å². The second-order valence-corrected chi connectivity index (χ2v) is 5.53. The summed E-state index contributed by atoms with van der Waals surface area (Å²) in [5, 5.41) is 3.64. The number of hydrogen-bond donors (Lipinski definition) is 2. The Kier molecular flexibility index (Phi) is 4.31. The van der Waals surface area contributed by atoms with E-state index in [2.05, 4.69) is 20.3 Å². The van der Waals surface area contributed by atoms with Crippen LogP contribution in [0.3, 0.4) is 0 Å². The summed E-state index contributed by atoms with van der Waals surface area (Å²) in [5.41, 5.74) is 5.39. The molecule has 0 aromatic carbocycles. The SMILES string of the molecule is CCc1cnc(C(C)Nc2cc(N)nc(C(F)(F)F)n2)s1. The van der Waals surface area contributed by atoms with Gasteiger partial charge in [-0.3, -0.25) is 0 Å². The average molecular weight is 317 g/mol. The van der Waals surface area contributed by atoms with Crippen LogP contribution >= 0.6 is 11.3 Å². The lowest BCUT2D eigenvalue weighted by Crippen LogP contribution is -2.15. The summed E-state index contributed by atoms with van der Waals surface area (Å²) in [6, 6.07) is 0.991. The zero-order chi connectivity index (χ0) is 15.6. The molecule has 3 N–H and O–H groups in total. The Morgan fingerprint density at radius 3 is 2.67 bits per heavy atom. The molecule has 0 aliphatic rings. The summed E-state index contributed by atoms with van der Waals surface area (Å²) in [5.74, 6) is -1.47. The molecule has 0 bridgehead atoms. The van der Waals surface area contributed by atoms with Crippen LogP contribution in [0.1, 0.15) is 35.6 Å². The van der Waals surface area contributed by atoms with Crippen LogP contribution in [-0.4, -0.2) is 15.0 Å². The number of anilines is 2. The Hall–Kier alpha value is -1.90. The first-order valence-corrected chi connectivity index (χ1v) is 7.04. The molecule has 0 radical (unpaired) electrons. The lowest BCUT2D eigenvalue weighted by Gasteiger charge is -2.14. The molecular weight excluding hydrogens is 303 g/mol. The van der Waals surface area contributed by atoms with Crippen molar-refractivity contribution in [3.8, 4) is 0 Å². The molecule has 114 valence electrons. The zero-order valence-corrected chi connectivity index (χ0v) is 12.2. The minimum Gasteiger partial charge on any atom is -0.384 e. The smallest absolute Gasteiger partial charge is 0.384 e. The predicted molar refractivity (Wildman–Crippen MR) is 75.0 cm³/mol. The van der Waals surface area contributed by atoms with Crippen LogP contribution in [0.25, 0.3) is 0 Å². The topological polar surface area (TPSA) is 76.7 Å². The fourth-order valence-corrected chi connectivity index (χ4v) is 2.50. The van der Waals surface area contributed by atoms with Crippen molar-refractivity contribution in [2.45, 2.75) is 32.5 Å². The number of halogens is 3. The molecule has 9 heteroatoms. The third-order valence-corrected chi connectivity index (χ3v) is 3.98. The lowest BCUT2D eigenvalue weighted by molar-refractivity contribution is -0.144. The highest BCUT2D eigenvalue weighted by molar-refractivity contribution is 7.11. The molecule has 2 heterocycles. The first-order chi connectivity index (χ1) is 9.79. The van der Waals surface area contributed by atoms with Crippen LogP contribution in [0.4, 0.5) is 24.8 Å². The van der Waals surface area contributed by atoms with Gasteiger partial charge in [-0.05, 0) is 13.3 Å². The average Bonchev–Trinajstić information content (AvgIpc) is 2.85. The number of aromatic nitrogens is 3. The standard InChI is InChI=1S/C12H14F3N5S/c1-3-7-5-17-10(21-7)6(2)18-9-4-8(16)19-11(20-9)12(13,14)15/h4-6H,3H2,1-2H3,(H3,16,18,19,20). The maximum absolute atomic E-state index is 12.6. The van der Waals surface area contributed by atoms with Crippen LogP contribution in [-0.2, 0) is 12.6 Å². The van der Waals surface area contributed by atoms with Gasteiger partial charge in [0.15, 0.2) is 0 Å². The first-order valence-electron chi connectivity index (χ1n) is 6.22. The second-order valence-electron chi connectivity index (χ2n) is 4.38. The normalized spacial score (nSPS) is 13.2. The number of hydrogen-bond acceptors (Lipinski definition) is 6. The summed E-state index contributed by atoms with van der Waals surface area (Å²) in [6.07, 6.45) is -2.01. The Morgan fingerprint density at radius 1 is 1.38 bits per heavy atom. The maximum Gasteiger partial charge on any atom is 0.451 e. The van der Waals surface area contributed by atoms with Gasteiger partial charge in [0.05, 0.1) is 6.04 Å². The van der Waals surface area contributed by atoms with Gasteiger partial charge in [-0.15, -0.1) is 11.3 Å². The van der Waals surface area contributed by atoms with Crippen LogP contribution in [0.5, 0.6) is 0 Å². The Balaban J connectivity index is 2.20. The number of thiazole rings is 1. The van der Waals surface area contributed by atoms with Gasteiger partial charge in [0, 0.05) is 17.1 Å². The summed E-state index contributed by atoms with van der Waals surface area (Å²) >= 11 is 1.50. The van der Waals surface area contributed by atoms with Crippen molar-refractivity contribution in [1.29, 1.82) is 0 Å². The molecule has 0 aliphatic carbocycles. The van der Waals surface area contributed by atoms with Gasteiger partial charge < -0.3 is 11.1 Å². The van der Waals surface area contributed by atoms with Gasteiger partial charge in [0.25, 0.3) is 0 Å². The molecular formula is C12H14F3N5S. The third-order valence-electron chi connectivity index (χ3n) is 2.65. The van der Waals surface area contributed by atoms with E-state index in [1.807, 2.05) is 6.92 Å². The molecule has 0 saturated heterocycles. The van der Waals surface area contributed by atoms with Gasteiger partial charge in [0.2, 0.25) is 5.82 Å². The number of nitrogens with zero attached hydrogens (tertiary/aromatic N) is 3. The van der Waals surface area contributed by atoms with E-state index in [0.717, 1.165) is 16.3 Å². The van der Waals surface area contributed by atoms with E-state index in [9.17, 15) is 13.2 Å². The highest BCUT2D eigenvalue weighted by Gasteiger charge is 2.35. The van der Waals surface area contributed by atoms with E-state index in [-0.39, 0.29) is 17.7 Å². The number of aryl methyl sites for hydroxylation is 1. The fraction of sp³-hybridized carbons (Fsp3) is 0.417. The minimum atomic E-state index is -4.63. The first kappa shape index (κ1) is 15.5. The largest absolute Gasteiger partial charge is 0.451 e. The van der Waals surface area contributed by atoms with Crippen molar-refractivity contribution in [3.63, 3.8) is 0 Å². The van der Waals surface area contributed by atoms with Crippen LogP contribution in [0, 0.1) is 0 Å². The van der Waals surface area contributed by atoms with E-state index < -0.39 is 12.0 Å². The number of rotatable bonds is 4. The molecule has 2 aromatic rings. The molecule has 2 aromatic heterocycles. The van der Waals surface area contributed by atoms with Gasteiger partial charge in [0.1, 0.15) is 16.6 Å². The zero-order valence-electron chi connectivity index (χ0n) is 11.4.